The molecule has 1 nitrogen and oxygen atoms in total. The average Bonchev–Trinajstić information content (AvgIpc) is 2.63. The van der Waals surface area contributed by atoms with E-state index in [1.54, 1.807) is 0 Å². The topological polar surface area (TPSA) is 17.1 Å². The molecule has 1 aliphatic rings. The highest BCUT2D eigenvalue weighted by Crippen LogP contribution is 2.37. The molecule has 0 saturated heterocycles. The van der Waals surface area contributed by atoms with E-state index in [-0.39, 0.29) is 0 Å². The molecular weight excluding hydrogens is 200 g/mol. The van der Waals surface area contributed by atoms with E-state index in [0.717, 1.165) is 24.4 Å². The molecule has 1 heterocycles. The zero-order valence-corrected chi connectivity index (χ0v) is 9.41. The third-order valence-electron chi connectivity index (χ3n) is 2.09. The Kier molecular flexibility index (Phi) is 6.46. The zero-order chi connectivity index (χ0) is 9.36. The molecule has 0 aromatic rings. The largest absolute Gasteiger partial charge is 0.303 e. The van der Waals surface area contributed by atoms with Crippen molar-refractivity contribution >= 4 is 27.9 Å². The van der Waals surface area contributed by atoms with Crippen LogP contribution in [0.2, 0.25) is 0 Å². The second kappa shape index (κ2) is 7.51. The summed E-state index contributed by atoms with van der Waals surface area (Å²) in [5.74, 6) is 0. The fraction of sp³-hybridized carbons (Fsp3) is 0.700. The van der Waals surface area contributed by atoms with Gasteiger partial charge in [-0.25, -0.2) is 0 Å². The van der Waals surface area contributed by atoms with Crippen molar-refractivity contribution in [3.63, 3.8) is 0 Å². The summed E-state index contributed by atoms with van der Waals surface area (Å²) in [6.07, 6.45) is 10.2. The van der Waals surface area contributed by atoms with E-state index in [2.05, 4.69) is 11.5 Å². The lowest BCUT2D eigenvalue weighted by atomic mass is 10.1. The average molecular weight is 216 g/mol. The minimum atomic E-state index is 0.744. The van der Waals surface area contributed by atoms with Crippen molar-refractivity contribution in [2.24, 2.45) is 0 Å². The second-order valence-electron chi connectivity index (χ2n) is 3.22. The molecule has 0 spiro atoms. The molecule has 0 aliphatic carbocycles. The van der Waals surface area contributed by atoms with Gasteiger partial charge in [0.15, 0.2) is 0 Å². The van der Waals surface area contributed by atoms with Gasteiger partial charge in [0.05, 0.1) is 0 Å². The molecular formula is C10H16OS2. The number of unbranched alkanes of at least 4 members (excludes halogenated alkanes) is 4. The highest BCUT2D eigenvalue weighted by Gasteiger charge is 2.09. The minimum absolute atomic E-state index is 0.744. The first-order valence-electron chi connectivity index (χ1n) is 4.86. The van der Waals surface area contributed by atoms with Crippen LogP contribution in [0.25, 0.3) is 0 Å². The maximum absolute atomic E-state index is 10.0. The normalized spacial score (nSPS) is 20.8. The van der Waals surface area contributed by atoms with Gasteiger partial charge in [-0.15, -0.1) is 0 Å². The lowest BCUT2D eigenvalue weighted by molar-refractivity contribution is -0.107. The maximum atomic E-state index is 10.0. The summed E-state index contributed by atoms with van der Waals surface area (Å²) in [6.45, 7) is 0. The highest BCUT2D eigenvalue weighted by molar-refractivity contribution is 8.78. The van der Waals surface area contributed by atoms with Crippen LogP contribution < -0.4 is 0 Å². The van der Waals surface area contributed by atoms with Crippen molar-refractivity contribution in [3.8, 4) is 0 Å². The van der Waals surface area contributed by atoms with E-state index in [0.29, 0.717) is 0 Å². The van der Waals surface area contributed by atoms with E-state index in [1.165, 1.54) is 25.7 Å². The molecule has 0 fully saturated rings. The van der Waals surface area contributed by atoms with Crippen LogP contribution in [0.15, 0.2) is 11.5 Å². The van der Waals surface area contributed by atoms with Gasteiger partial charge in [-0.05, 0) is 18.2 Å². The Balaban J connectivity index is 1.83. The van der Waals surface area contributed by atoms with Crippen LogP contribution in [0.1, 0.15) is 38.5 Å². The van der Waals surface area contributed by atoms with E-state index < -0.39 is 0 Å². The summed E-state index contributed by atoms with van der Waals surface area (Å²) >= 11 is 0. The van der Waals surface area contributed by atoms with Crippen LogP contribution in [-0.4, -0.2) is 11.5 Å². The van der Waals surface area contributed by atoms with Gasteiger partial charge >= 0.3 is 0 Å². The molecule has 0 radical (unpaired) electrons. The van der Waals surface area contributed by atoms with E-state index >= 15 is 0 Å². The first kappa shape index (κ1) is 11.2. The van der Waals surface area contributed by atoms with E-state index in [9.17, 15) is 4.79 Å². The van der Waals surface area contributed by atoms with Gasteiger partial charge in [0.1, 0.15) is 6.29 Å². The molecule has 3 heteroatoms. The molecule has 0 saturated carbocycles. The van der Waals surface area contributed by atoms with Gasteiger partial charge in [0.2, 0.25) is 0 Å². The number of hydrogen-bond acceptors (Lipinski definition) is 3. The Morgan fingerprint density at radius 3 is 2.77 bits per heavy atom. The molecule has 1 atom stereocenters. The van der Waals surface area contributed by atoms with Crippen LogP contribution in [0.5, 0.6) is 0 Å². The molecule has 13 heavy (non-hydrogen) atoms. The van der Waals surface area contributed by atoms with Gasteiger partial charge in [-0.1, -0.05) is 46.9 Å². The predicted octanol–water partition coefficient (Wildman–Crippen LogP) is 3.80. The summed E-state index contributed by atoms with van der Waals surface area (Å²) in [5, 5.41) is 2.93. The standard InChI is InChI=1S/C10H16OS2/c11-8-5-3-1-2-4-6-10-7-9-12-13-10/h7-10H,1-6H2. The lowest BCUT2D eigenvalue weighted by Gasteiger charge is -2.04. The Morgan fingerprint density at radius 2 is 2.08 bits per heavy atom. The third-order valence-corrected chi connectivity index (χ3v) is 4.52. The molecule has 1 aliphatic heterocycles. The molecule has 0 bridgehead atoms. The molecule has 0 N–H and O–H groups in total. The Bertz CT molecular complexity index is 168. The summed E-state index contributed by atoms with van der Waals surface area (Å²) in [5.41, 5.74) is 0. The van der Waals surface area contributed by atoms with E-state index in [4.69, 9.17) is 0 Å². The quantitative estimate of drug-likeness (QED) is 0.366. The van der Waals surface area contributed by atoms with Crippen LogP contribution in [-0.2, 0) is 4.79 Å². The fourth-order valence-corrected chi connectivity index (χ4v) is 3.59. The molecule has 1 rings (SSSR count). The van der Waals surface area contributed by atoms with Gasteiger partial charge in [0, 0.05) is 11.7 Å². The first-order chi connectivity index (χ1) is 6.43. The molecule has 0 aromatic carbocycles. The number of rotatable bonds is 7. The van der Waals surface area contributed by atoms with Crippen molar-refractivity contribution in [3.05, 3.63) is 11.5 Å². The summed E-state index contributed by atoms with van der Waals surface area (Å²) < 4.78 is 0. The van der Waals surface area contributed by atoms with Crippen LogP contribution in [0.4, 0.5) is 0 Å². The van der Waals surface area contributed by atoms with Gasteiger partial charge in [-0.3, -0.25) is 0 Å². The Labute approximate surface area is 88.1 Å². The van der Waals surface area contributed by atoms with Gasteiger partial charge in [0.25, 0.3) is 0 Å². The Morgan fingerprint density at radius 1 is 1.23 bits per heavy atom. The second-order valence-corrected chi connectivity index (χ2v) is 5.63. The van der Waals surface area contributed by atoms with Crippen molar-refractivity contribution < 1.29 is 4.79 Å². The van der Waals surface area contributed by atoms with Crippen LogP contribution in [0.3, 0.4) is 0 Å². The fourth-order valence-electron chi connectivity index (χ4n) is 1.33. The monoisotopic (exact) mass is 216 g/mol. The molecule has 1 unspecified atom stereocenters. The number of hydrogen-bond donors (Lipinski definition) is 0. The smallest absolute Gasteiger partial charge is 0.119 e. The molecule has 74 valence electrons. The first-order valence-corrected chi connectivity index (χ1v) is 7.13. The van der Waals surface area contributed by atoms with Crippen molar-refractivity contribution in [2.75, 3.05) is 0 Å². The zero-order valence-electron chi connectivity index (χ0n) is 7.78. The van der Waals surface area contributed by atoms with Crippen LogP contribution in [0, 0.1) is 0 Å². The van der Waals surface area contributed by atoms with Gasteiger partial charge < -0.3 is 4.79 Å². The van der Waals surface area contributed by atoms with E-state index in [1.807, 2.05) is 21.6 Å². The summed E-state index contributed by atoms with van der Waals surface area (Å²) in [6, 6.07) is 0. The summed E-state index contributed by atoms with van der Waals surface area (Å²) in [4.78, 5) is 10.0. The van der Waals surface area contributed by atoms with Crippen molar-refractivity contribution in [1.29, 1.82) is 0 Å². The van der Waals surface area contributed by atoms with Crippen molar-refractivity contribution in [1.82, 2.24) is 0 Å². The van der Waals surface area contributed by atoms with Crippen molar-refractivity contribution in [2.45, 2.75) is 43.8 Å². The minimum Gasteiger partial charge on any atom is -0.303 e. The highest BCUT2D eigenvalue weighted by atomic mass is 33.1. The predicted molar refractivity (Wildman–Crippen MR) is 61.9 cm³/mol. The third kappa shape index (κ3) is 5.42. The van der Waals surface area contributed by atoms with Crippen LogP contribution >= 0.6 is 21.6 Å². The maximum Gasteiger partial charge on any atom is 0.119 e. The number of aldehydes is 1. The molecule has 0 amide bonds. The number of carbonyl (C=O) groups is 1. The lowest BCUT2D eigenvalue weighted by Crippen LogP contribution is -1.93. The summed E-state index contributed by atoms with van der Waals surface area (Å²) in [7, 11) is 3.80. The molecule has 0 aromatic heterocycles. The Hall–Kier alpha value is 0.110. The van der Waals surface area contributed by atoms with Gasteiger partial charge in [-0.2, -0.15) is 0 Å². The number of carbonyl (C=O) groups excluding carboxylic acids is 1. The SMILES string of the molecule is O=CCCCCCCC1C=CSS1.